The number of carbonyl (C=O) groups excluding carboxylic acids is 1. The summed E-state index contributed by atoms with van der Waals surface area (Å²) in [5.74, 6) is 1.39. The molecule has 0 saturated heterocycles. The number of aliphatic imine (C=N–C) groups is 1. The lowest BCUT2D eigenvalue weighted by Gasteiger charge is -2.15. The van der Waals surface area contributed by atoms with E-state index in [1.165, 1.54) is 0 Å². The molecule has 0 saturated carbocycles. The van der Waals surface area contributed by atoms with E-state index in [9.17, 15) is 4.79 Å². The molecule has 2 aliphatic heterocycles. The summed E-state index contributed by atoms with van der Waals surface area (Å²) in [6.07, 6.45) is 3.69. The van der Waals surface area contributed by atoms with Crippen molar-refractivity contribution in [2.24, 2.45) is 4.99 Å². The first-order chi connectivity index (χ1) is 12.2. The molecular weight excluding hydrogens is 318 g/mol. The Labute approximate surface area is 144 Å². The smallest absolute Gasteiger partial charge is 0.363 e. The zero-order valence-corrected chi connectivity index (χ0v) is 13.6. The number of rotatable bonds is 3. The second-order valence-corrected chi connectivity index (χ2v) is 5.61. The maximum absolute atomic E-state index is 12.1. The fraction of sp³-hybridized carbons (Fsp3) is 0.100. The monoisotopic (exact) mass is 333 g/mol. The number of benzene rings is 2. The van der Waals surface area contributed by atoms with Crippen LogP contribution < -0.4 is 9.47 Å². The molecule has 0 spiro atoms. The van der Waals surface area contributed by atoms with Gasteiger partial charge in [0.1, 0.15) is 18.1 Å². The first-order valence-corrected chi connectivity index (χ1v) is 7.82. The SMILES string of the molecule is COc1ccc(C2=NC(=CC3=Cc4ccccc4OC3)C(=O)O2)cc1. The van der Waals surface area contributed by atoms with E-state index >= 15 is 0 Å². The van der Waals surface area contributed by atoms with Gasteiger partial charge in [0.25, 0.3) is 0 Å². The fourth-order valence-electron chi connectivity index (χ4n) is 2.66. The van der Waals surface area contributed by atoms with Gasteiger partial charge in [-0.3, -0.25) is 0 Å². The summed E-state index contributed by atoms with van der Waals surface area (Å²) in [4.78, 5) is 16.4. The summed E-state index contributed by atoms with van der Waals surface area (Å²) >= 11 is 0. The lowest BCUT2D eigenvalue weighted by Crippen LogP contribution is -2.08. The van der Waals surface area contributed by atoms with Gasteiger partial charge in [0.05, 0.1) is 7.11 Å². The van der Waals surface area contributed by atoms with Crippen molar-refractivity contribution in [1.82, 2.24) is 0 Å². The first-order valence-electron chi connectivity index (χ1n) is 7.82. The number of para-hydroxylation sites is 1. The molecule has 0 aromatic heterocycles. The molecule has 2 aromatic carbocycles. The Bertz CT molecular complexity index is 923. The van der Waals surface area contributed by atoms with Crippen LogP contribution in [0.1, 0.15) is 11.1 Å². The molecule has 0 radical (unpaired) electrons. The molecular formula is C20H15NO4. The molecule has 0 N–H and O–H groups in total. The molecule has 25 heavy (non-hydrogen) atoms. The molecule has 2 aliphatic rings. The largest absolute Gasteiger partial charge is 0.497 e. The number of nitrogens with zero attached hydrogens (tertiary/aromatic N) is 1. The minimum atomic E-state index is -0.467. The maximum atomic E-state index is 12.1. The third kappa shape index (κ3) is 3.04. The molecule has 0 unspecified atom stereocenters. The van der Waals surface area contributed by atoms with E-state index in [4.69, 9.17) is 14.2 Å². The van der Waals surface area contributed by atoms with Crippen LogP contribution in [0.4, 0.5) is 0 Å². The Morgan fingerprint density at radius 3 is 2.72 bits per heavy atom. The van der Waals surface area contributed by atoms with Crippen LogP contribution in [0.15, 0.2) is 70.9 Å². The van der Waals surface area contributed by atoms with Crippen LogP contribution in [0, 0.1) is 0 Å². The van der Waals surface area contributed by atoms with E-state index in [2.05, 4.69) is 4.99 Å². The Balaban J connectivity index is 1.62. The molecule has 0 atom stereocenters. The molecule has 0 amide bonds. The summed E-state index contributed by atoms with van der Waals surface area (Å²) in [5.41, 5.74) is 2.83. The van der Waals surface area contributed by atoms with Crippen LogP contribution in [0.2, 0.25) is 0 Å². The molecule has 2 aromatic rings. The number of hydrogen-bond acceptors (Lipinski definition) is 5. The van der Waals surface area contributed by atoms with Gasteiger partial charge in [-0.25, -0.2) is 9.79 Å². The standard InChI is InChI=1S/C20H15NO4/c1-23-16-8-6-14(7-9-16)19-21-17(20(22)25-19)11-13-10-15-4-2-3-5-18(15)24-12-13/h2-11H,12H2,1H3. The highest BCUT2D eigenvalue weighted by Crippen LogP contribution is 2.27. The average Bonchev–Trinajstić information content (AvgIpc) is 3.02. The molecule has 0 bridgehead atoms. The molecule has 124 valence electrons. The van der Waals surface area contributed by atoms with E-state index in [0.29, 0.717) is 6.61 Å². The van der Waals surface area contributed by atoms with Crippen LogP contribution in [0.5, 0.6) is 11.5 Å². The van der Waals surface area contributed by atoms with Crippen molar-refractivity contribution in [3.63, 3.8) is 0 Å². The van der Waals surface area contributed by atoms with E-state index < -0.39 is 5.97 Å². The van der Waals surface area contributed by atoms with E-state index in [-0.39, 0.29) is 11.6 Å². The molecule has 0 aliphatic carbocycles. The number of hydrogen-bond donors (Lipinski definition) is 0. The Kier molecular flexibility index (Phi) is 3.82. The maximum Gasteiger partial charge on any atom is 0.363 e. The van der Waals surface area contributed by atoms with Gasteiger partial charge < -0.3 is 14.2 Å². The van der Waals surface area contributed by atoms with Crippen LogP contribution >= 0.6 is 0 Å². The van der Waals surface area contributed by atoms with Crippen molar-refractivity contribution in [2.75, 3.05) is 13.7 Å². The number of ether oxygens (including phenoxy) is 3. The summed E-state index contributed by atoms with van der Waals surface area (Å²) in [6, 6.07) is 14.9. The zero-order valence-electron chi connectivity index (χ0n) is 13.6. The number of carbonyl (C=O) groups is 1. The van der Waals surface area contributed by atoms with Gasteiger partial charge in [-0.05, 0) is 48.1 Å². The van der Waals surface area contributed by atoms with Crippen LogP contribution in [-0.2, 0) is 9.53 Å². The summed E-state index contributed by atoms with van der Waals surface area (Å²) in [6.45, 7) is 0.390. The van der Waals surface area contributed by atoms with Gasteiger partial charge in [0.15, 0.2) is 5.70 Å². The molecule has 2 heterocycles. The normalized spacial score (nSPS) is 17.3. The highest BCUT2D eigenvalue weighted by Gasteiger charge is 2.25. The van der Waals surface area contributed by atoms with Crippen molar-refractivity contribution in [1.29, 1.82) is 0 Å². The van der Waals surface area contributed by atoms with Gasteiger partial charge in [0.2, 0.25) is 5.90 Å². The van der Waals surface area contributed by atoms with Crippen molar-refractivity contribution >= 4 is 17.9 Å². The van der Waals surface area contributed by atoms with Gasteiger partial charge in [-0.15, -0.1) is 0 Å². The predicted molar refractivity (Wildman–Crippen MR) is 93.6 cm³/mol. The zero-order chi connectivity index (χ0) is 17.2. The first kappa shape index (κ1) is 15.2. The number of methoxy groups -OCH3 is 1. The van der Waals surface area contributed by atoms with Crippen molar-refractivity contribution < 1.29 is 19.0 Å². The summed E-state index contributed by atoms with van der Waals surface area (Å²) in [5, 5.41) is 0. The summed E-state index contributed by atoms with van der Waals surface area (Å²) < 4.78 is 16.1. The highest BCUT2D eigenvalue weighted by atomic mass is 16.6. The topological polar surface area (TPSA) is 57.1 Å². The second kappa shape index (κ2) is 6.28. The van der Waals surface area contributed by atoms with Crippen LogP contribution in [0.3, 0.4) is 0 Å². The number of cyclic esters (lactones) is 1. The highest BCUT2D eigenvalue weighted by molar-refractivity contribution is 6.11. The molecule has 4 rings (SSSR count). The molecule has 5 heteroatoms. The second-order valence-electron chi connectivity index (χ2n) is 5.61. The quantitative estimate of drug-likeness (QED) is 0.638. The van der Waals surface area contributed by atoms with Gasteiger partial charge in [-0.2, -0.15) is 0 Å². The molecule has 0 fully saturated rings. The Morgan fingerprint density at radius 2 is 1.92 bits per heavy atom. The van der Waals surface area contributed by atoms with Crippen molar-refractivity contribution in [3.05, 3.63) is 77.0 Å². The predicted octanol–water partition coefficient (Wildman–Crippen LogP) is 3.36. The lowest BCUT2D eigenvalue weighted by molar-refractivity contribution is -0.130. The van der Waals surface area contributed by atoms with Crippen LogP contribution in [-0.4, -0.2) is 25.6 Å². The third-order valence-corrected chi connectivity index (χ3v) is 3.93. The molecule has 5 nitrogen and oxygen atoms in total. The Morgan fingerprint density at radius 1 is 1.12 bits per heavy atom. The van der Waals surface area contributed by atoms with Gasteiger partial charge in [0, 0.05) is 11.1 Å². The lowest BCUT2D eigenvalue weighted by atomic mass is 10.1. The van der Waals surface area contributed by atoms with E-state index in [1.807, 2.05) is 30.3 Å². The van der Waals surface area contributed by atoms with Gasteiger partial charge >= 0.3 is 5.97 Å². The summed E-state index contributed by atoms with van der Waals surface area (Å²) in [7, 11) is 1.60. The average molecular weight is 333 g/mol. The van der Waals surface area contributed by atoms with Crippen molar-refractivity contribution in [3.8, 4) is 11.5 Å². The Hall–Kier alpha value is -3.34. The van der Waals surface area contributed by atoms with Crippen LogP contribution in [0.25, 0.3) is 6.08 Å². The number of fused-ring (bicyclic) bond motifs is 1. The minimum absolute atomic E-state index is 0.264. The van der Waals surface area contributed by atoms with E-state index in [0.717, 1.165) is 28.2 Å². The van der Waals surface area contributed by atoms with Gasteiger partial charge in [-0.1, -0.05) is 18.2 Å². The third-order valence-electron chi connectivity index (χ3n) is 3.93. The van der Waals surface area contributed by atoms with Crippen molar-refractivity contribution in [2.45, 2.75) is 0 Å². The number of esters is 1. The van der Waals surface area contributed by atoms with E-state index in [1.54, 1.807) is 37.5 Å². The minimum Gasteiger partial charge on any atom is -0.497 e. The fourth-order valence-corrected chi connectivity index (χ4v) is 2.66.